The van der Waals surface area contributed by atoms with E-state index in [-0.39, 0.29) is 17.9 Å². The van der Waals surface area contributed by atoms with Crippen molar-refractivity contribution in [2.45, 2.75) is 19.4 Å². The van der Waals surface area contributed by atoms with E-state index in [1.807, 2.05) is 12.1 Å². The molecule has 2 amide bonds. The fourth-order valence-electron chi connectivity index (χ4n) is 3.63. The molecule has 30 heavy (non-hydrogen) atoms. The molecule has 1 saturated heterocycles. The predicted molar refractivity (Wildman–Crippen MR) is 111 cm³/mol. The quantitative estimate of drug-likeness (QED) is 0.667. The van der Waals surface area contributed by atoms with Crippen LogP contribution in [0, 0.1) is 0 Å². The first-order chi connectivity index (χ1) is 14.5. The van der Waals surface area contributed by atoms with Crippen molar-refractivity contribution >= 4 is 23.0 Å². The smallest absolute Gasteiger partial charge is 0.255 e. The maximum absolute atomic E-state index is 12.8. The second kappa shape index (κ2) is 8.02. The van der Waals surface area contributed by atoms with Gasteiger partial charge in [0, 0.05) is 37.8 Å². The summed E-state index contributed by atoms with van der Waals surface area (Å²) in [6, 6.07) is 5.40. The van der Waals surface area contributed by atoms with E-state index in [1.165, 1.54) is 6.92 Å². The Morgan fingerprint density at radius 2 is 2.03 bits per heavy atom. The molecule has 0 spiro atoms. The number of ether oxygens (including phenoxy) is 2. The van der Waals surface area contributed by atoms with Gasteiger partial charge in [0.1, 0.15) is 5.52 Å². The summed E-state index contributed by atoms with van der Waals surface area (Å²) >= 11 is 0. The first-order valence-electron chi connectivity index (χ1n) is 9.63. The van der Waals surface area contributed by atoms with Crippen LogP contribution in [-0.2, 0) is 4.79 Å². The number of likely N-dealkylation sites (tertiary alicyclic amines) is 1. The Balaban J connectivity index is 1.60. The molecule has 2 aromatic heterocycles. The number of fused-ring (bicyclic) bond motifs is 1. The van der Waals surface area contributed by atoms with Gasteiger partial charge in [0.25, 0.3) is 5.91 Å². The highest BCUT2D eigenvalue weighted by Gasteiger charge is 2.26. The minimum atomic E-state index is -0.240. The Labute approximate surface area is 173 Å². The van der Waals surface area contributed by atoms with Crippen LogP contribution in [0.1, 0.15) is 23.7 Å². The molecule has 2 N–H and O–H groups in total. The number of methoxy groups -OCH3 is 2. The van der Waals surface area contributed by atoms with Crippen LogP contribution in [0.4, 0.5) is 0 Å². The van der Waals surface area contributed by atoms with Crippen molar-refractivity contribution in [3.05, 3.63) is 36.2 Å². The molecule has 1 aliphatic rings. The third-order valence-corrected chi connectivity index (χ3v) is 5.27. The van der Waals surface area contributed by atoms with Crippen LogP contribution in [0.3, 0.4) is 0 Å². The molecule has 3 aromatic rings. The molecule has 1 atom stereocenters. The van der Waals surface area contributed by atoms with Gasteiger partial charge in [-0.15, -0.1) is 0 Å². The monoisotopic (exact) mass is 409 g/mol. The fraction of sp³-hybridized carbons (Fsp3) is 0.333. The van der Waals surface area contributed by atoms with Crippen LogP contribution in [0.15, 0.2) is 30.6 Å². The summed E-state index contributed by atoms with van der Waals surface area (Å²) < 4.78 is 10.6. The average molecular weight is 409 g/mol. The molecule has 3 heterocycles. The maximum atomic E-state index is 12.8. The Morgan fingerprint density at radius 1 is 1.23 bits per heavy atom. The highest BCUT2D eigenvalue weighted by molar-refractivity contribution is 6.04. The van der Waals surface area contributed by atoms with Crippen LogP contribution in [0.2, 0.25) is 0 Å². The first-order valence-corrected chi connectivity index (χ1v) is 9.63. The SMILES string of the molecule is COc1ccc(-c2cnc3[nH]cc(C(=O)NC4CCN(C(C)=O)C4)c3n2)cc1OC. The molecule has 0 bridgehead atoms. The fourth-order valence-corrected chi connectivity index (χ4v) is 3.63. The highest BCUT2D eigenvalue weighted by atomic mass is 16.5. The molecule has 0 radical (unpaired) electrons. The molecule has 1 fully saturated rings. The number of amides is 2. The average Bonchev–Trinajstić information content (AvgIpc) is 3.39. The van der Waals surface area contributed by atoms with Gasteiger partial charge in [-0.05, 0) is 24.6 Å². The van der Waals surface area contributed by atoms with E-state index in [0.717, 1.165) is 12.0 Å². The molecule has 0 saturated carbocycles. The van der Waals surface area contributed by atoms with E-state index < -0.39 is 0 Å². The summed E-state index contributed by atoms with van der Waals surface area (Å²) in [7, 11) is 3.15. The van der Waals surface area contributed by atoms with Crippen LogP contribution < -0.4 is 14.8 Å². The second-order valence-electron chi connectivity index (χ2n) is 7.15. The van der Waals surface area contributed by atoms with Crippen molar-refractivity contribution in [2.24, 2.45) is 0 Å². The maximum Gasteiger partial charge on any atom is 0.255 e. The number of aromatic amines is 1. The molecule has 9 heteroatoms. The van der Waals surface area contributed by atoms with Crippen molar-refractivity contribution < 1.29 is 19.1 Å². The van der Waals surface area contributed by atoms with Gasteiger partial charge in [0.15, 0.2) is 17.1 Å². The van der Waals surface area contributed by atoms with Crippen molar-refractivity contribution in [1.29, 1.82) is 0 Å². The number of H-pyrrole nitrogens is 1. The normalized spacial score (nSPS) is 16.0. The first kappa shape index (κ1) is 19.7. The molecule has 9 nitrogen and oxygen atoms in total. The van der Waals surface area contributed by atoms with E-state index in [1.54, 1.807) is 37.6 Å². The number of nitrogens with one attached hydrogen (secondary N) is 2. The molecule has 1 unspecified atom stereocenters. The number of nitrogens with zero attached hydrogens (tertiary/aromatic N) is 3. The number of carbonyl (C=O) groups is 2. The van der Waals surface area contributed by atoms with Gasteiger partial charge >= 0.3 is 0 Å². The molecule has 1 aromatic carbocycles. The third-order valence-electron chi connectivity index (χ3n) is 5.27. The lowest BCUT2D eigenvalue weighted by molar-refractivity contribution is -0.127. The summed E-state index contributed by atoms with van der Waals surface area (Å²) in [5, 5.41) is 2.99. The van der Waals surface area contributed by atoms with E-state index in [4.69, 9.17) is 9.47 Å². The van der Waals surface area contributed by atoms with Gasteiger partial charge in [-0.3, -0.25) is 9.59 Å². The Morgan fingerprint density at radius 3 is 2.73 bits per heavy atom. The number of carbonyl (C=O) groups excluding carboxylic acids is 2. The summed E-state index contributed by atoms with van der Waals surface area (Å²) in [6.07, 6.45) is 3.98. The van der Waals surface area contributed by atoms with Crippen LogP contribution in [0.25, 0.3) is 22.4 Å². The number of hydrogen-bond acceptors (Lipinski definition) is 6. The van der Waals surface area contributed by atoms with E-state index in [9.17, 15) is 9.59 Å². The van der Waals surface area contributed by atoms with Crippen LogP contribution in [0.5, 0.6) is 11.5 Å². The van der Waals surface area contributed by atoms with Crippen molar-refractivity contribution in [1.82, 2.24) is 25.2 Å². The zero-order valence-corrected chi connectivity index (χ0v) is 17.1. The summed E-state index contributed by atoms with van der Waals surface area (Å²) in [5.74, 6) is 0.980. The molecule has 156 valence electrons. The lowest BCUT2D eigenvalue weighted by Crippen LogP contribution is -2.37. The largest absolute Gasteiger partial charge is 0.493 e. The highest BCUT2D eigenvalue weighted by Crippen LogP contribution is 2.32. The van der Waals surface area contributed by atoms with Gasteiger partial charge in [0.2, 0.25) is 5.91 Å². The minimum Gasteiger partial charge on any atom is -0.493 e. The van der Waals surface area contributed by atoms with E-state index in [0.29, 0.717) is 47.0 Å². The minimum absolute atomic E-state index is 0.0178. The Bertz CT molecular complexity index is 1110. The molecule has 0 aliphatic carbocycles. The lowest BCUT2D eigenvalue weighted by atomic mass is 10.1. The van der Waals surface area contributed by atoms with Crippen LogP contribution in [-0.4, -0.2) is 65.0 Å². The predicted octanol–water partition coefficient (Wildman–Crippen LogP) is 1.99. The molecule has 4 rings (SSSR count). The lowest BCUT2D eigenvalue weighted by Gasteiger charge is -2.14. The number of rotatable bonds is 5. The topological polar surface area (TPSA) is 109 Å². The Kier molecular flexibility index (Phi) is 5.26. The number of benzene rings is 1. The second-order valence-corrected chi connectivity index (χ2v) is 7.15. The standard InChI is InChI=1S/C21H23N5O4/c1-12(27)26-7-6-14(11-26)24-21(28)15-9-22-20-19(15)25-16(10-23-20)13-4-5-17(29-2)18(8-13)30-3/h4-5,8-10,14H,6-7,11H2,1-3H3,(H,22,23)(H,24,28). The third kappa shape index (κ3) is 3.66. The Hall–Kier alpha value is -3.62. The van der Waals surface area contributed by atoms with Crippen molar-refractivity contribution in [2.75, 3.05) is 27.3 Å². The number of aromatic nitrogens is 3. The van der Waals surface area contributed by atoms with Gasteiger partial charge in [-0.1, -0.05) is 0 Å². The van der Waals surface area contributed by atoms with E-state index in [2.05, 4.69) is 20.3 Å². The zero-order valence-electron chi connectivity index (χ0n) is 17.1. The number of hydrogen-bond donors (Lipinski definition) is 2. The van der Waals surface area contributed by atoms with Gasteiger partial charge < -0.3 is 24.7 Å². The van der Waals surface area contributed by atoms with Crippen LogP contribution >= 0.6 is 0 Å². The van der Waals surface area contributed by atoms with Gasteiger partial charge in [0.05, 0.1) is 31.7 Å². The molecular formula is C21H23N5O4. The molecular weight excluding hydrogens is 386 g/mol. The summed E-state index contributed by atoms with van der Waals surface area (Å²) in [6.45, 7) is 2.71. The van der Waals surface area contributed by atoms with E-state index >= 15 is 0 Å². The molecule has 1 aliphatic heterocycles. The van der Waals surface area contributed by atoms with Crippen molar-refractivity contribution in [3.63, 3.8) is 0 Å². The van der Waals surface area contributed by atoms with Gasteiger partial charge in [-0.2, -0.15) is 0 Å². The van der Waals surface area contributed by atoms with Gasteiger partial charge in [-0.25, -0.2) is 9.97 Å². The van der Waals surface area contributed by atoms with Crippen molar-refractivity contribution in [3.8, 4) is 22.8 Å². The summed E-state index contributed by atoms with van der Waals surface area (Å²) in [5.41, 5.74) is 2.84. The summed E-state index contributed by atoms with van der Waals surface area (Å²) in [4.78, 5) is 38.1. The zero-order chi connectivity index (χ0) is 21.3.